The van der Waals surface area contributed by atoms with Crippen LogP contribution in [0.2, 0.25) is 0 Å². The topological polar surface area (TPSA) is 108 Å². The van der Waals surface area contributed by atoms with Crippen LogP contribution in [0.4, 0.5) is 11.5 Å². The van der Waals surface area contributed by atoms with Crippen molar-refractivity contribution in [1.29, 1.82) is 0 Å². The van der Waals surface area contributed by atoms with Crippen molar-refractivity contribution in [3.63, 3.8) is 0 Å². The Hall–Kier alpha value is -2.59. The van der Waals surface area contributed by atoms with Crippen LogP contribution in [0.3, 0.4) is 0 Å². The summed E-state index contributed by atoms with van der Waals surface area (Å²) in [4.78, 5) is 12.0. The highest BCUT2D eigenvalue weighted by Gasteiger charge is 2.29. The predicted molar refractivity (Wildman–Crippen MR) is 118 cm³/mol. The number of anilines is 2. The molecule has 0 spiro atoms. The third-order valence-electron chi connectivity index (χ3n) is 4.79. The molecular weight excluding hydrogens is 403 g/mol. The molecule has 0 aliphatic rings. The number of aromatic nitrogens is 2. The van der Waals surface area contributed by atoms with E-state index in [-0.39, 0.29) is 12.2 Å². The summed E-state index contributed by atoms with van der Waals surface area (Å²) in [6, 6.07) is 6.69. The van der Waals surface area contributed by atoms with Gasteiger partial charge < -0.3 is 20.1 Å². The minimum Gasteiger partial charge on any atom is -0.365 e. The summed E-state index contributed by atoms with van der Waals surface area (Å²) in [6.45, 7) is 6.08. The van der Waals surface area contributed by atoms with Crippen LogP contribution in [0.25, 0.3) is 0 Å². The Morgan fingerprint density at radius 1 is 1.37 bits per heavy atom. The number of hydrogen-bond donors (Lipinski definition) is 2. The molecule has 1 amide bonds. The van der Waals surface area contributed by atoms with Crippen molar-refractivity contribution in [2.45, 2.75) is 45.6 Å². The maximum atomic E-state index is 12.7. The second kappa shape index (κ2) is 9.94. The number of rotatable bonds is 11. The summed E-state index contributed by atoms with van der Waals surface area (Å²) in [6.07, 6.45) is 9.36. The first kappa shape index (κ1) is 23.7. The molecule has 2 aromatic rings. The van der Waals surface area contributed by atoms with E-state index in [0.717, 1.165) is 12.8 Å². The van der Waals surface area contributed by atoms with Gasteiger partial charge in [0, 0.05) is 25.4 Å². The van der Waals surface area contributed by atoms with Crippen molar-refractivity contribution in [3.8, 4) is 12.3 Å². The minimum absolute atomic E-state index is 0.260. The summed E-state index contributed by atoms with van der Waals surface area (Å²) in [5.41, 5.74) is 6.03. The molecule has 30 heavy (non-hydrogen) atoms. The molecule has 2 atom stereocenters. The van der Waals surface area contributed by atoms with Crippen molar-refractivity contribution in [1.82, 2.24) is 9.78 Å². The van der Waals surface area contributed by atoms with Crippen molar-refractivity contribution in [2.75, 3.05) is 19.0 Å². The Labute approximate surface area is 177 Å². The number of nitrogens with one attached hydrogen (secondary N) is 1. The quantitative estimate of drug-likeness (QED) is 0.413. The molecule has 1 heterocycles. The molecular formula is C21H29N4O4P. The molecule has 0 saturated carbocycles. The second-order valence-electron chi connectivity index (χ2n) is 7.10. The highest BCUT2D eigenvalue weighted by Crippen LogP contribution is 2.46. The van der Waals surface area contributed by atoms with Gasteiger partial charge in [-0.3, -0.25) is 14.0 Å². The van der Waals surface area contributed by atoms with E-state index in [1.165, 1.54) is 7.11 Å². The molecule has 3 N–H and O–H groups in total. The van der Waals surface area contributed by atoms with Gasteiger partial charge in [-0.25, -0.2) is 0 Å². The normalized spacial score (nSPS) is 15.0. The van der Waals surface area contributed by atoms with Gasteiger partial charge in [0.15, 0.2) is 5.82 Å². The fraction of sp³-hybridized carbons (Fsp3) is 0.429. The Bertz CT molecular complexity index is 964. The van der Waals surface area contributed by atoms with Crippen LogP contribution in [0.15, 0.2) is 30.5 Å². The molecule has 162 valence electrons. The van der Waals surface area contributed by atoms with E-state index in [9.17, 15) is 9.36 Å². The SMILES string of the molecule is C#CC[C@@](C)(CCC)n1cc(C(N)=O)c(Nc2ccc(P(=O)(OC)OCC)cc2)n1. The van der Waals surface area contributed by atoms with Crippen molar-refractivity contribution < 1.29 is 18.4 Å². The Morgan fingerprint density at radius 3 is 2.53 bits per heavy atom. The number of amides is 1. The number of primary amides is 1. The summed E-state index contributed by atoms with van der Waals surface area (Å²) in [7, 11) is -2.01. The number of terminal acetylenes is 1. The molecule has 0 radical (unpaired) electrons. The minimum atomic E-state index is -3.35. The first-order valence-electron chi connectivity index (χ1n) is 9.74. The average molecular weight is 432 g/mol. The molecule has 0 aliphatic heterocycles. The first-order chi connectivity index (χ1) is 14.2. The zero-order valence-corrected chi connectivity index (χ0v) is 18.7. The van der Waals surface area contributed by atoms with Crippen LogP contribution in [0.1, 0.15) is 50.4 Å². The van der Waals surface area contributed by atoms with Crippen LogP contribution in [0, 0.1) is 12.3 Å². The lowest BCUT2D eigenvalue weighted by molar-refractivity contribution is 0.100. The van der Waals surface area contributed by atoms with Gasteiger partial charge in [-0.1, -0.05) is 13.3 Å². The molecule has 0 aliphatic carbocycles. The molecule has 1 aromatic carbocycles. The maximum absolute atomic E-state index is 12.7. The zero-order chi connectivity index (χ0) is 22.4. The maximum Gasteiger partial charge on any atom is 0.361 e. The number of hydrogen-bond acceptors (Lipinski definition) is 6. The predicted octanol–water partition coefficient (Wildman–Crippen LogP) is 3.77. The van der Waals surface area contributed by atoms with Gasteiger partial charge in [0.25, 0.3) is 5.91 Å². The average Bonchev–Trinajstić information content (AvgIpc) is 3.14. The van der Waals surface area contributed by atoms with Crippen LogP contribution in [-0.4, -0.2) is 29.4 Å². The van der Waals surface area contributed by atoms with Crippen molar-refractivity contribution in [3.05, 3.63) is 36.0 Å². The van der Waals surface area contributed by atoms with Crippen molar-refractivity contribution in [2.24, 2.45) is 5.73 Å². The third kappa shape index (κ3) is 5.11. The number of nitrogens with two attached hydrogens (primary N) is 1. The summed E-state index contributed by atoms with van der Waals surface area (Å²) < 4.78 is 24.7. The van der Waals surface area contributed by atoms with Gasteiger partial charge >= 0.3 is 7.60 Å². The molecule has 9 heteroatoms. The first-order valence-corrected chi connectivity index (χ1v) is 11.3. The molecule has 0 bridgehead atoms. The Kier molecular flexibility index (Phi) is 7.85. The standard InChI is InChI=1S/C21H29N4O4P/c1-6-13-21(4,14-7-2)25-15-18(19(22)26)20(24-25)23-16-9-11-17(12-10-16)30(27,28-5)29-8-3/h1,9-12,15H,7-8,13-14H2,2-5H3,(H2,22,26)(H,23,24)/t21-,30?/m0/s1. The molecule has 0 fully saturated rings. The van der Waals surface area contributed by atoms with Crippen LogP contribution >= 0.6 is 7.60 Å². The number of nitrogens with zero attached hydrogens (tertiary/aromatic N) is 2. The smallest absolute Gasteiger partial charge is 0.361 e. The van der Waals surface area contributed by atoms with Gasteiger partial charge in [-0.2, -0.15) is 5.10 Å². The molecule has 8 nitrogen and oxygen atoms in total. The monoisotopic (exact) mass is 432 g/mol. The molecule has 1 unspecified atom stereocenters. The Balaban J connectivity index is 2.36. The van der Waals surface area contributed by atoms with E-state index in [1.807, 2.05) is 6.92 Å². The van der Waals surface area contributed by atoms with E-state index in [0.29, 0.717) is 23.2 Å². The largest absolute Gasteiger partial charge is 0.365 e. The van der Waals surface area contributed by atoms with Crippen LogP contribution < -0.4 is 16.4 Å². The lowest BCUT2D eigenvalue weighted by atomic mass is 9.93. The number of carbonyl (C=O) groups excluding carboxylic acids is 1. The zero-order valence-electron chi connectivity index (χ0n) is 17.8. The van der Waals surface area contributed by atoms with E-state index < -0.39 is 19.0 Å². The van der Waals surface area contributed by atoms with Gasteiger partial charge in [0.05, 0.1) is 17.5 Å². The van der Waals surface area contributed by atoms with E-state index >= 15 is 0 Å². The van der Waals surface area contributed by atoms with Gasteiger partial charge in [-0.15, -0.1) is 12.3 Å². The highest BCUT2D eigenvalue weighted by molar-refractivity contribution is 7.62. The summed E-state index contributed by atoms with van der Waals surface area (Å²) >= 11 is 0. The van der Waals surface area contributed by atoms with Gasteiger partial charge in [0.1, 0.15) is 5.56 Å². The van der Waals surface area contributed by atoms with Crippen LogP contribution in [0.5, 0.6) is 0 Å². The summed E-state index contributed by atoms with van der Waals surface area (Å²) in [5, 5.41) is 8.09. The van der Waals surface area contributed by atoms with Gasteiger partial charge in [0.2, 0.25) is 0 Å². The third-order valence-corrected chi connectivity index (χ3v) is 6.80. The van der Waals surface area contributed by atoms with E-state index in [1.54, 1.807) is 42.1 Å². The fourth-order valence-corrected chi connectivity index (χ4v) is 4.55. The molecule has 2 rings (SSSR count). The van der Waals surface area contributed by atoms with E-state index in [2.05, 4.69) is 23.3 Å². The van der Waals surface area contributed by atoms with Gasteiger partial charge in [-0.05, 0) is 44.5 Å². The fourth-order valence-electron chi connectivity index (χ4n) is 3.23. The van der Waals surface area contributed by atoms with E-state index in [4.69, 9.17) is 21.2 Å². The number of carbonyl (C=O) groups is 1. The number of benzene rings is 1. The Morgan fingerprint density at radius 2 is 2.03 bits per heavy atom. The van der Waals surface area contributed by atoms with Crippen molar-refractivity contribution >= 4 is 30.3 Å². The summed E-state index contributed by atoms with van der Waals surface area (Å²) in [5.74, 6) is 2.42. The van der Waals surface area contributed by atoms with Crippen LogP contribution in [-0.2, 0) is 19.2 Å². The highest BCUT2D eigenvalue weighted by atomic mass is 31.2. The molecule has 0 saturated heterocycles. The lowest BCUT2D eigenvalue weighted by Crippen LogP contribution is -2.30. The molecule has 1 aromatic heterocycles. The second-order valence-corrected chi connectivity index (χ2v) is 9.23. The lowest BCUT2D eigenvalue weighted by Gasteiger charge is -2.27.